The molecule has 0 atom stereocenters. The number of H-pyrrole nitrogens is 1. The number of aromatic nitrogens is 2. The Labute approximate surface area is 113 Å². The Morgan fingerprint density at radius 3 is 2.85 bits per heavy atom. The van der Waals surface area contributed by atoms with Crippen LogP contribution in [0.15, 0.2) is 20.1 Å². The van der Waals surface area contributed by atoms with Gasteiger partial charge in [0, 0.05) is 6.07 Å². The van der Waals surface area contributed by atoms with Crippen LogP contribution in [0.1, 0.15) is 37.1 Å². The molecule has 2 heterocycles. The van der Waals surface area contributed by atoms with Crippen LogP contribution in [0.3, 0.4) is 0 Å². The van der Waals surface area contributed by atoms with E-state index >= 15 is 0 Å². The second-order valence-corrected chi connectivity index (χ2v) is 5.25. The number of alkyl halides is 1. The minimum Gasteiger partial charge on any atom is -0.403 e. The summed E-state index contributed by atoms with van der Waals surface area (Å²) < 4.78 is 17.5. The summed E-state index contributed by atoms with van der Waals surface area (Å²) in [5.41, 5.74) is -0.432. The first-order valence-corrected chi connectivity index (χ1v) is 6.79. The molecule has 0 unspecified atom stereocenters. The van der Waals surface area contributed by atoms with Gasteiger partial charge in [-0.3, -0.25) is 4.79 Å². The molecule has 2 aromatic heterocycles. The molecular formula is C14H15FN2O3. The Bertz CT molecular complexity index is 746. The number of aryl methyl sites for hydroxylation is 1. The van der Waals surface area contributed by atoms with Gasteiger partial charge in [0.25, 0.3) is 5.56 Å². The number of fused-ring (bicyclic) bond motifs is 1. The van der Waals surface area contributed by atoms with Crippen molar-refractivity contribution >= 4 is 11.1 Å². The van der Waals surface area contributed by atoms with Crippen molar-refractivity contribution in [3.05, 3.63) is 38.2 Å². The zero-order chi connectivity index (χ0) is 14.1. The van der Waals surface area contributed by atoms with Crippen molar-refractivity contribution in [2.45, 2.75) is 38.8 Å². The van der Waals surface area contributed by atoms with Gasteiger partial charge >= 0.3 is 5.63 Å². The first-order valence-electron chi connectivity index (χ1n) is 6.79. The minimum atomic E-state index is -0.902. The van der Waals surface area contributed by atoms with Gasteiger partial charge in [0.15, 0.2) is 0 Å². The number of nitrogens with one attached hydrogen (secondary N) is 1. The normalized spacial score (nSPS) is 15.4. The molecule has 0 spiro atoms. The lowest BCUT2D eigenvalue weighted by Gasteiger charge is -2.25. The lowest BCUT2D eigenvalue weighted by Crippen LogP contribution is -2.17. The van der Waals surface area contributed by atoms with Gasteiger partial charge in [-0.15, -0.1) is 0 Å². The molecule has 0 aromatic carbocycles. The number of halogens is 1. The fourth-order valence-electron chi connectivity index (χ4n) is 2.59. The molecule has 3 rings (SSSR count). The second-order valence-electron chi connectivity index (χ2n) is 5.25. The van der Waals surface area contributed by atoms with E-state index in [1.807, 2.05) is 0 Å². The Balaban J connectivity index is 2.05. The van der Waals surface area contributed by atoms with Crippen LogP contribution in [0.4, 0.5) is 4.39 Å². The largest absolute Gasteiger partial charge is 0.403 e. The van der Waals surface area contributed by atoms with Gasteiger partial charge in [0.05, 0.1) is 0 Å². The SMILES string of the molecule is O=c1cc(CCC2CCC2)c2c(=O)[nH]c(CF)nc2o1. The summed E-state index contributed by atoms with van der Waals surface area (Å²) >= 11 is 0. The van der Waals surface area contributed by atoms with Crippen LogP contribution in [0, 0.1) is 5.92 Å². The highest BCUT2D eigenvalue weighted by Crippen LogP contribution is 2.30. The average molecular weight is 278 g/mol. The molecule has 1 aliphatic rings. The summed E-state index contributed by atoms with van der Waals surface area (Å²) in [5, 5.41) is 0.265. The third-order valence-electron chi connectivity index (χ3n) is 3.92. The highest BCUT2D eigenvalue weighted by molar-refractivity contribution is 5.75. The minimum absolute atomic E-state index is 0.0718. The quantitative estimate of drug-likeness (QED) is 0.929. The maximum Gasteiger partial charge on any atom is 0.337 e. The van der Waals surface area contributed by atoms with Crippen molar-refractivity contribution in [2.24, 2.45) is 5.92 Å². The lowest BCUT2D eigenvalue weighted by atomic mass is 9.81. The number of hydrogen-bond donors (Lipinski definition) is 1. The van der Waals surface area contributed by atoms with Crippen LogP contribution >= 0.6 is 0 Å². The molecule has 2 aromatic rings. The van der Waals surface area contributed by atoms with Gasteiger partial charge in [-0.05, 0) is 24.3 Å². The van der Waals surface area contributed by atoms with Crippen molar-refractivity contribution in [2.75, 3.05) is 0 Å². The maximum absolute atomic E-state index is 12.6. The van der Waals surface area contributed by atoms with Crippen molar-refractivity contribution in [1.82, 2.24) is 9.97 Å². The van der Waals surface area contributed by atoms with Crippen molar-refractivity contribution < 1.29 is 8.81 Å². The topological polar surface area (TPSA) is 76.0 Å². The zero-order valence-electron chi connectivity index (χ0n) is 10.9. The fraction of sp³-hybridized carbons (Fsp3) is 0.500. The molecule has 0 radical (unpaired) electrons. The van der Waals surface area contributed by atoms with Gasteiger partial charge in [0.2, 0.25) is 5.71 Å². The molecule has 0 bridgehead atoms. The Morgan fingerprint density at radius 1 is 1.40 bits per heavy atom. The highest BCUT2D eigenvalue weighted by Gasteiger charge is 2.19. The van der Waals surface area contributed by atoms with E-state index in [0.717, 1.165) is 6.42 Å². The van der Waals surface area contributed by atoms with E-state index in [1.54, 1.807) is 0 Å². The van der Waals surface area contributed by atoms with Crippen molar-refractivity contribution in [3.8, 4) is 0 Å². The lowest BCUT2D eigenvalue weighted by molar-refractivity contribution is 0.296. The van der Waals surface area contributed by atoms with Crippen LogP contribution in [-0.4, -0.2) is 9.97 Å². The molecule has 0 aliphatic heterocycles. The predicted octanol–water partition coefficient (Wildman–Crippen LogP) is 2.08. The van der Waals surface area contributed by atoms with E-state index in [0.29, 0.717) is 17.9 Å². The molecule has 1 N–H and O–H groups in total. The summed E-state index contributed by atoms with van der Waals surface area (Å²) in [7, 11) is 0. The highest BCUT2D eigenvalue weighted by atomic mass is 19.1. The van der Waals surface area contributed by atoms with Crippen LogP contribution in [0.2, 0.25) is 0 Å². The van der Waals surface area contributed by atoms with Crippen LogP contribution in [0.5, 0.6) is 0 Å². The summed E-state index contributed by atoms with van der Waals surface area (Å²) in [5.74, 6) is 0.552. The Morgan fingerprint density at radius 2 is 2.20 bits per heavy atom. The van der Waals surface area contributed by atoms with Crippen LogP contribution in [0.25, 0.3) is 11.1 Å². The third kappa shape index (κ3) is 2.37. The molecule has 20 heavy (non-hydrogen) atoms. The number of nitrogens with zero attached hydrogens (tertiary/aromatic N) is 1. The van der Waals surface area contributed by atoms with Gasteiger partial charge < -0.3 is 9.40 Å². The van der Waals surface area contributed by atoms with E-state index in [1.165, 1.54) is 25.3 Å². The molecule has 1 saturated carbocycles. The van der Waals surface area contributed by atoms with Gasteiger partial charge in [0.1, 0.15) is 17.9 Å². The average Bonchev–Trinajstić information content (AvgIpc) is 2.35. The monoisotopic (exact) mass is 278 g/mol. The zero-order valence-corrected chi connectivity index (χ0v) is 10.9. The standard InChI is InChI=1S/C14H15FN2O3/c15-7-10-16-13(19)12-9(5-4-8-2-1-3-8)6-11(18)20-14(12)17-10/h6,8H,1-5,7H2,(H,16,17,19). The number of hydrogen-bond acceptors (Lipinski definition) is 4. The second kappa shape index (κ2) is 5.19. The van der Waals surface area contributed by atoms with Gasteiger partial charge in [-0.2, -0.15) is 4.98 Å². The molecule has 0 amide bonds. The Kier molecular flexibility index (Phi) is 3.38. The van der Waals surface area contributed by atoms with E-state index in [9.17, 15) is 14.0 Å². The smallest absolute Gasteiger partial charge is 0.337 e. The molecule has 1 aliphatic carbocycles. The fourth-order valence-corrected chi connectivity index (χ4v) is 2.59. The third-order valence-corrected chi connectivity index (χ3v) is 3.92. The number of rotatable bonds is 4. The maximum atomic E-state index is 12.6. The van der Waals surface area contributed by atoms with Crippen molar-refractivity contribution in [1.29, 1.82) is 0 Å². The van der Waals surface area contributed by atoms with Crippen LogP contribution < -0.4 is 11.2 Å². The van der Waals surface area contributed by atoms with Gasteiger partial charge in [-0.25, -0.2) is 9.18 Å². The summed E-state index contributed by atoms with van der Waals surface area (Å²) in [6, 6.07) is 1.34. The molecule has 5 nitrogen and oxygen atoms in total. The van der Waals surface area contributed by atoms with E-state index in [-0.39, 0.29) is 16.9 Å². The first kappa shape index (κ1) is 13.0. The summed E-state index contributed by atoms with van der Waals surface area (Å²) in [4.78, 5) is 29.7. The Hall–Kier alpha value is -1.98. The molecule has 106 valence electrons. The van der Waals surface area contributed by atoms with E-state index in [2.05, 4.69) is 9.97 Å². The van der Waals surface area contributed by atoms with Gasteiger partial charge in [-0.1, -0.05) is 19.3 Å². The molecule has 0 saturated heterocycles. The number of aromatic amines is 1. The summed E-state index contributed by atoms with van der Waals surface area (Å²) in [6.07, 6.45) is 5.26. The van der Waals surface area contributed by atoms with E-state index < -0.39 is 17.9 Å². The molecular weight excluding hydrogens is 263 g/mol. The van der Waals surface area contributed by atoms with Crippen LogP contribution in [-0.2, 0) is 13.1 Å². The molecule has 1 fully saturated rings. The van der Waals surface area contributed by atoms with E-state index in [4.69, 9.17) is 4.42 Å². The van der Waals surface area contributed by atoms with Crippen molar-refractivity contribution in [3.63, 3.8) is 0 Å². The molecule has 6 heteroatoms. The first-order chi connectivity index (χ1) is 9.67. The summed E-state index contributed by atoms with van der Waals surface area (Å²) in [6.45, 7) is -0.902. The predicted molar refractivity (Wildman–Crippen MR) is 71.4 cm³/mol.